The molecule has 2 fully saturated rings. The molecule has 0 aromatic rings. The standard InChI is InChI=1S/C10H14Br2O/c1-8(2)7(13)10(12)5-4-9(8,3)6(10)11/h6H,4-5H2,1-3H3/t6-,9?,10?/m1/s1. The highest BCUT2D eigenvalue weighted by molar-refractivity contribution is 9.13. The first-order valence-electron chi connectivity index (χ1n) is 4.65. The van der Waals surface area contributed by atoms with Crippen molar-refractivity contribution in [2.24, 2.45) is 10.8 Å². The summed E-state index contributed by atoms with van der Waals surface area (Å²) >= 11 is 7.32. The monoisotopic (exact) mass is 308 g/mol. The van der Waals surface area contributed by atoms with Crippen LogP contribution in [0.2, 0.25) is 0 Å². The first-order valence-corrected chi connectivity index (χ1v) is 6.35. The highest BCUT2D eigenvalue weighted by Crippen LogP contribution is 2.68. The van der Waals surface area contributed by atoms with Crippen molar-refractivity contribution >= 4 is 37.6 Å². The third-order valence-corrected chi connectivity index (χ3v) is 7.96. The van der Waals surface area contributed by atoms with Gasteiger partial charge in [-0.05, 0) is 18.3 Å². The second-order valence-electron chi connectivity index (χ2n) is 5.10. The van der Waals surface area contributed by atoms with Crippen LogP contribution in [0.25, 0.3) is 0 Å². The molecule has 1 nitrogen and oxygen atoms in total. The van der Waals surface area contributed by atoms with Gasteiger partial charge in [0.2, 0.25) is 0 Å². The molecule has 2 rings (SSSR count). The maximum Gasteiger partial charge on any atom is 0.156 e. The molecule has 74 valence electrons. The van der Waals surface area contributed by atoms with Gasteiger partial charge in [0.1, 0.15) is 0 Å². The van der Waals surface area contributed by atoms with Crippen LogP contribution in [0.4, 0.5) is 0 Å². The summed E-state index contributed by atoms with van der Waals surface area (Å²) in [4.78, 5) is 12.4. The summed E-state index contributed by atoms with van der Waals surface area (Å²) in [5.74, 6) is 0.371. The second-order valence-corrected chi connectivity index (χ2v) is 7.43. The van der Waals surface area contributed by atoms with Crippen LogP contribution >= 0.6 is 31.9 Å². The Labute approximate surface area is 95.9 Å². The Balaban J connectivity index is 2.59. The topological polar surface area (TPSA) is 17.1 Å². The van der Waals surface area contributed by atoms with Gasteiger partial charge >= 0.3 is 0 Å². The number of carbonyl (C=O) groups excluding carboxylic acids is 1. The van der Waals surface area contributed by atoms with Gasteiger partial charge in [-0.1, -0.05) is 52.6 Å². The van der Waals surface area contributed by atoms with Gasteiger partial charge in [-0.2, -0.15) is 0 Å². The average Bonchev–Trinajstić information content (AvgIpc) is 2.34. The zero-order valence-corrected chi connectivity index (χ0v) is 11.3. The summed E-state index contributed by atoms with van der Waals surface area (Å²) in [6.45, 7) is 6.37. The van der Waals surface area contributed by atoms with Gasteiger partial charge in [0, 0.05) is 10.2 Å². The van der Waals surface area contributed by atoms with Crippen molar-refractivity contribution in [1.29, 1.82) is 0 Å². The molecule has 2 saturated carbocycles. The van der Waals surface area contributed by atoms with E-state index in [1.807, 2.05) is 0 Å². The van der Waals surface area contributed by atoms with E-state index >= 15 is 0 Å². The van der Waals surface area contributed by atoms with Gasteiger partial charge in [0.25, 0.3) is 0 Å². The Bertz CT molecular complexity index is 280. The number of hydrogen-bond donors (Lipinski definition) is 0. The van der Waals surface area contributed by atoms with Gasteiger partial charge in [-0.25, -0.2) is 0 Å². The summed E-state index contributed by atoms with van der Waals surface area (Å²) < 4.78 is -0.286. The van der Waals surface area contributed by atoms with Gasteiger partial charge in [-0.3, -0.25) is 4.79 Å². The average molecular weight is 310 g/mol. The minimum atomic E-state index is -0.286. The van der Waals surface area contributed by atoms with Crippen LogP contribution in [-0.2, 0) is 4.79 Å². The molecule has 0 radical (unpaired) electrons. The smallest absolute Gasteiger partial charge is 0.156 e. The summed E-state index contributed by atoms with van der Waals surface area (Å²) in [6.07, 6.45) is 2.11. The Hall–Kier alpha value is 0.630. The molecule has 0 aromatic carbocycles. The Morgan fingerprint density at radius 3 is 2.08 bits per heavy atom. The fourth-order valence-electron chi connectivity index (χ4n) is 2.84. The number of halogens is 2. The van der Waals surface area contributed by atoms with E-state index < -0.39 is 0 Å². The van der Waals surface area contributed by atoms with Crippen molar-refractivity contribution in [1.82, 2.24) is 0 Å². The predicted molar refractivity (Wildman–Crippen MR) is 60.5 cm³/mol. The molecule has 13 heavy (non-hydrogen) atoms. The summed E-state index contributed by atoms with van der Waals surface area (Å²) in [6, 6.07) is 0. The first-order chi connectivity index (χ1) is 5.77. The lowest BCUT2D eigenvalue weighted by Crippen LogP contribution is -2.41. The highest BCUT2D eigenvalue weighted by atomic mass is 79.9. The van der Waals surface area contributed by atoms with Crippen molar-refractivity contribution in [3.8, 4) is 0 Å². The highest BCUT2D eigenvalue weighted by Gasteiger charge is 2.72. The zero-order valence-electron chi connectivity index (χ0n) is 8.16. The molecule has 0 saturated heterocycles. The molecule has 0 amide bonds. The van der Waals surface area contributed by atoms with Crippen LogP contribution < -0.4 is 0 Å². The molecular formula is C10H14Br2O. The zero-order chi connectivity index (χ0) is 10.1. The van der Waals surface area contributed by atoms with Gasteiger partial charge in [-0.15, -0.1) is 0 Å². The van der Waals surface area contributed by atoms with Crippen molar-refractivity contribution < 1.29 is 4.79 Å². The summed E-state index contributed by atoms with van der Waals surface area (Å²) in [5, 5.41) is 0. The van der Waals surface area contributed by atoms with Crippen LogP contribution in [0.3, 0.4) is 0 Å². The van der Waals surface area contributed by atoms with Crippen LogP contribution in [-0.4, -0.2) is 14.9 Å². The maximum absolute atomic E-state index is 12.1. The minimum absolute atomic E-state index is 0.119. The summed E-state index contributed by atoms with van der Waals surface area (Å²) in [7, 11) is 0. The second kappa shape index (κ2) is 2.41. The van der Waals surface area contributed by atoms with E-state index in [1.54, 1.807) is 0 Å². The Morgan fingerprint density at radius 2 is 1.85 bits per heavy atom. The largest absolute Gasteiger partial charge is 0.297 e. The fourth-order valence-corrected chi connectivity index (χ4v) is 5.27. The quantitative estimate of drug-likeness (QED) is 0.628. The lowest BCUT2D eigenvalue weighted by atomic mass is 9.66. The minimum Gasteiger partial charge on any atom is -0.297 e. The summed E-state index contributed by atoms with van der Waals surface area (Å²) in [5.41, 5.74) is -0.0729. The van der Waals surface area contributed by atoms with Crippen molar-refractivity contribution in [3.05, 3.63) is 0 Å². The number of carbonyl (C=O) groups is 1. The van der Waals surface area contributed by atoms with E-state index in [1.165, 1.54) is 0 Å². The van der Waals surface area contributed by atoms with E-state index in [4.69, 9.17) is 0 Å². The fraction of sp³-hybridized carbons (Fsp3) is 0.900. The molecule has 0 spiro atoms. The third kappa shape index (κ3) is 0.865. The molecule has 3 atom stereocenters. The van der Waals surface area contributed by atoms with E-state index in [-0.39, 0.29) is 20.0 Å². The van der Waals surface area contributed by atoms with Crippen LogP contribution in [0, 0.1) is 10.8 Å². The first kappa shape index (κ1) is 10.2. The third-order valence-electron chi connectivity index (χ3n) is 4.34. The molecule has 3 heteroatoms. The Kier molecular flexibility index (Phi) is 1.88. The molecule has 2 unspecified atom stereocenters. The number of alkyl halides is 2. The number of ketones is 1. The molecule has 0 aromatic heterocycles. The van der Waals surface area contributed by atoms with E-state index in [2.05, 4.69) is 52.6 Å². The molecule has 0 heterocycles. The van der Waals surface area contributed by atoms with Crippen molar-refractivity contribution in [2.45, 2.75) is 42.8 Å². The van der Waals surface area contributed by atoms with E-state index in [9.17, 15) is 4.79 Å². The molecule has 2 aliphatic rings. The Morgan fingerprint density at radius 1 is 1.31 bits per heavy atom. The van der Waals surface area contributed by atoms with Crippen molar-refractivity contribution in [2.75, 3.05) is 0 Å². The normalized spacial score (nSPS) is 53.0. The van der Waals surface area contributed by atoms with E-state index in [0.717, 1.165) is 12.8 Å². The van der Waals surface area contributed by atoms with Crippen molar-refractivity contribution in [3.63, 3.8) is 0 Å². The number of Topliss-reactive ketones (excluding diaryl/α,β-unsaturated/α-hetero) is 1. The molecule has 2 aliphatic carbocycles. The molecular weight excluding hydrogens is 296 g/mol. The van der Waals surface area contributed by atoms with E-state index in [0.29, 0.717) is 5.78 Å². The predicted octanol–water partition coefficient (Wildman–Crippen LogP) is 3.29. The van der Waals surface area contributed by atoms with Gasteiger partial charge in [0.05, 0.1) is 4.32 Å². The lowest BCUT2D eigenvalue weighted by Gasteiger charge is -2.38. The molecule has 0 aliphatic heterocycles. The number of hydrogen-bond acceptors (Lipinski definition) is 1. The number of fused-ring (bicyclic) bond motifs is 2. The van der Waals surface area contributed by atoms with Crippen LogP contribution in [0.15, 0.2) is 0 Å². The maximum atomic E-state index is 12.1. The molecule has 0 N–H and O–H groups in total. The van der Waals surface area contributed by atoms with Crippen LogP contribution in [0.1, 0.15) is 33.6 Å². The number of rotatable bonds is 0. The van der Waals surface area contributed by atoms with Gasteiger partial charge in [0.15, 0.2) is 5.78 Å². The van der Waals surface area contributed by atoms with Crippen LogP contribution in [0.5, 0.6) is 0 Å². The SMILES string of the molecule is CC1(C)C(=O)C2(Br)CCC1(C)[C@H]2Br. The van der Waals surface area contributed by atoms with Gasteiger partial charge < -0.3 is 0 Å². The molecule has 2 bridgehead atoms. The lowest BCUT2D eigenvalue weighted by molar-refractivity contribution is -0.131.